The largest absolute Gasteiger partial charge is 0.354 e. The molecule has 0 aliphatic heterocycles. The topological polar surface area (TPSA) is 66.9 Å². The molecule has 26 heavy (non-hydrogen) atoms. The molecule has 2 aromatic carbocycles. The van der Waals surface area contributed by atoms with Gasteiger partial charge in [-0.05, 0) is 36.1 Å². The van der Waals surface area contributed by atoms with E-state index in [0.29, 0.717) is 11.5 Å². The summed E-state index contributed by atoms with van der Waals surface area (Å²) in [5, 5.41) is 6.02. The SMILES string of the molecule is CCc1ccc(NC(=O)c2cnc(NCCc3ccccc3)nc2)cc1. The Morgan fingerprint density at radius 2 is 1.62 bits per heavy atom. The van der Waals surface area contributed by atoms with E-state index >= 15 is 0 Å². The van der Waals surface area contributed by atoms with E-state index in [1.54, 1.807) is 0 Å². The molecule has 0 atom stereocenters. The van der Waals surface area contributed by atoms with Crippen LogP contribution in [0.25, 0.3) is 0 Å². The average molecular weight is 346 g/mol. The Kier molecular flexibility index (Phi) is 5.93. The van der Waals surface area contributed by atoms with Crippen LogP contribution in [0.5, 0.6) is 0 Å². The van der Waals surface area contributed by atoms with Crippen molar-refractivity contribution < 1.29 is 4.79 Å². The average Bonchev–Trinajstić information content (AvgIpc) is 2.70. The van der Waals surface area contributed by atoms with Crippen molar-refractivity contribution in [3.05, 3.63) is 83.7 Å². The van der Waals surface area contributed by atoms with Crippen molar-refractivity contribution in [1.29, 1.82) is 0 Å². The van der Waals surface area contributed by atoms with Crippen LogP contribution in [-0.4, -0.2) is 22.4 Å². The summed E-state index contributed by atoms with van der Waals surface area (Å²) in [5.74, 6) is 0.301. The van der Waals surface area contributed by atoms with E-state index < -0.39 is 0 Å². The van der Waals surface area contributed by atoms with Crippen molar-refractivity contribution in [2.45, 2.75) is 19.8 Å². The second-order valence-corrected chi connectivity index (χ2v) is 5.96. The summed E-state index contributed by atoms with van der Waals surface area (Å²) in [6, 6.07) is 18.0. The Morgan fingerprint density at radius 3 is 2.27 bits per heavy atom. The summed E-state index contributed by atoms with van der Waals surface area (Å²) >= 11 is 0. The highest BCUT2D eigenvalue weighted by Gasteiger charge is 2.07. The van der Waals surface area contributed by atoms with Gasteiger partial charge in [0.25, 0.3) is 5.91 Å². The summed E-state index contributed by atoms with van der Waals surface area (Å²) < 4.78 is 0. The van der Waals surface area contributed by atoms with Gasteiger partial charge in [-0.25, -0.2) is 9.97 Å². The number of anilines is 2. The number of rotatable bonds is 7. The number of hydrogen-bond acceptors (Lipinski definition) is 4. The van der Waals surface area contributed by atoms with Crippen molar-refractivity contribution in [1.82, 2.24) is 9.97 Å². The normalized spacial score (nSPS) is 10.3. The Morgan fingerprint density at radius 1 is 0.923 bits per heavy atom. The highest BCUT2D eigenvalue weighted by Crippen LogP contribution is 2.12. The zero-order valence-electron chi connectivity index (χ0n) is 14.8. The number of nitrogens with one attached hydrogen (secondary N) is 2. The van der Waals surface area contributed by atoms with Crippen molar-refractivity contribution in [2.75, 3.05) is 17.2 Å². The predicted molar refractivity (Wildman–Crippen MR) is 104 cm³/mol. The van der Waals surface area contributed by atoms with Crippen molar-refractivity contribution in [2.24, 2.45) is 0 Å². The third kappa shape index (κ3) is 4.89. The maximum absolute atomic E-state index is 12.3. The fraction of sp³-hybridized carbons (Fsp3) is 0.190. The van der Waals surface area contributed by atoms with E-state index in [4.69, 9.17) is 0 Å². The van der Waals surface area contributed by atoms with Gasteiger partial charge in [0.2, 0.25) is 5.95 Å². The maximum Gasteiger partial charge on any atom is 0.258 e. The van der Waals surface area contributed by atoms with Gasteiger partial charge in [-0.2, -0.15) is 0 Å². The molecule has 1 heterocycles. The third-order valence-corrected chi connectivity index (χ3v) is 4.07. The Hall–Kier alpha value is -3.21. The van der Waals surface area contributed by atoms with Crippen LogP contribution >= 0.6 is 0 Å². The maximum atomic E-state index is 12.3. The molecular formula is C21H22N4O. The third-order valence-electron chi connectivity index (χ3n) is 4.07. The standard InChI is InChI=1S/C21H22N4O/c1-2-16-8-10-19(11-9-16)25-20(26)18-14-23-21(24-15-18)22-13-12-17-6-4-3-5-7-17/h3-11,14-15H,2,12-13H2,1H3,(H,25,26)(H,22,23,24). The minimum absolute atomic E-state index is 0.218. The van der Waals surface area contributed by atoms with Gasteiger partial charge in [0, 0.05) is 24.6 Å². The smallest absolute Gasteiger partial charge is 0.258 e. The number of aryl methyl sites for hydroxylation is 1. The van der Waals surface area contributed by atoms with Crippen LogP contribution < -0.4 is 10.6 Å². The number of nitrogens with zero attached hydrogens (tertiary/aromatic N) is 2. The minimum Gasteiger partial charge on any atom is -0.354 e. The van der Waals surface area contributed by atoms with Gasteiger partial charge in [0.05, 0.1) is 5.56 Å². The molecule has 0 unspecified atom stereocenters. The van der Waals surface area contributed by atoms with E-state index in [0.717, 1.165) is 25.1 Å². The highest BCUT2D eigenvalue weighted by atomic mass is 16.1. The van der Waals surface area contributed by atoms with Crippen LogP contribution in [0.15, 0.2) is 67.0 Å². The first-order valence-electron chi connectivity index (χ1n) is 8.74. The van der Waals surface area contributed by atoms with Crippen LogP contribution in [0, 0.1) is 0 Å². The van der Waals surface area contributed by atoms with Crippen LogP contribution in [-0.2, 0) is 12.8 Å². The molecule has 3 rings (SSSR count). The van der Waals surface area contributed by atoms with Gasteiger partial charge in [-0.15, -0.1) is 0 Å². The van der Waals surface area contributed by atoms with Crippen LogP contribution in [0.2, 0.25) is 0 Å². The lowest BCUT2D eigenvalue weighted by Crippen LogP contribution is -2.14. The monoisotopic (exact) mass is 346 g/mol. The molecule has 132 valence electrons. The number of benzene rings is 2. The van der Waals surface area contributed by atoms with E-state index in [2.05, 4.69) is 39.7 Å². The molecule has 3 aromatic rings. The summed E-state index contributed by atoms with van der Waals surface area (Å²) in [5.41, 5.74) is 3.68. The van der Waals surface area contributed by atoms with Crippen LogP contribution in [0.4, 0.5) is 11.6 Å². The molecule has 0 fully saturated rings. The predicted octanol–water partition coefficient (Wildman–Crippen LogP) is 3.95. The Balaban J connectivity index is 1.52. The molecule has 1 amide bonds. The van der Waals surface area contributed by atoms with Crippen molar-refractivity contribution >= 4 is 17.5 Å². The molecule has 0 saturated carbocycles. The molecule has 0 aliphatic carbocycles. The zero-order valence-corrected chi connectivity index (χ0v) is 14.8. The number of carbonyl (C=O) groups excluding carboxylic acids is 1. The van der Waals surface area contributed by atoms with Crippen molar-refractivity contribution in [3.63, 3.8) is 0 Å². The van der Waals surface area contributed by atoms with Gasteiger partial charge in [-0.1, -0.05) is 49.4 Å². The molecule has 0 saturated heterocycles. The lowest BCUT2D eigenvalue weighted by atomic mass is 10.1. The van der Waals surface area contributed by atoms with Gasteiger partial charge in [0.15, 0.2) is 0 Å². The molecule has 0 spiro atoms. The van der Waals surface area contributed by atoms with Crippen molar-refractivity contribution in [3.8, 4) is 0 Å². The quantitative estimate of drug-likeness (QED) is 0.680. The number of amides is 1. The molecule has 2 N–H and O–H groups in total. The van der Waals surface area contributed by atoms with E-state index in [-0.39, 0.29) is 5.91 Å². The van der Waals surface area contributed by atoms with Gasteiger partial charge in [-0.3, -0.25) is 4.79 Å². The molecule has 0 bridgehead atoms. The minimum atomic E-state index is -0.218. The lowest BCUT2D eigenvalue weighted by molar-refractivity contribution is 0.102. The summed E-state index contributed by atoms with van der Waals surface area (Å²) in [4.78, 5) is 20.7. The second kappa shape index (κ2) is 8.76. The lowest BCUT2D eigenvalue weighted by Gasteiger charge is -2.07. The first-order valence-corrected chi connectivity index (χ1v) is 8.74. The molecule has 5 heteroatoms. The zero-order chi connectivity index (χ0) is 18.2. The van der Waals surface area contributed by atoms with E-state index in [1.165, 1.54) is 23.5 Å². The Labute approximate surface area is 153 Å². The number of carbonyl (C=O) groups is 1. The van der Waals surface area contributed by atoms with Crippen LogP contribution in [0.1, 0.15) is 28.4 Å². The molecular weight excluding hydrogens is 324 g/mol. The molecule has 0 radical (unpaired) electrons. The summed E-state index contributed by atoms with van der Waals surface area (Å²) in [6.07, 6.45) is 4.93. The number of hydrogen-bond donors (Lipinski definition) is 2. The Bertz CT molecular complexity index is 830. The summed E-state index contributed by atoms with van der Waals surface area (Å²) in [7, 11) is 0. The number of aromatic nitrogens is 2. The summed E-state index contributed by atoms with van der Waals surface area (Å²) in [6.45, 7) is 2.83. The second-order valence-electron chi connectivity index (χ2n) is 5.96. The molecule has 5 nitrogen and oxygen atoms in total. The van der Waals surface area contributed by atoms with Gasteiger partial charge in [0.1, 0.15) is 0 Å². The van der Waals surface area contributed by atoms with Gasteiger partial charge < -0.3 is 10.6 Å². The molecule has 1 aromatic heterocycles. The first kappa shape index (κ1) is 17.6. The van der Waals surface area contributed by atoms with E-state index in [9.17, 15) is 4.79 Å². The fourth-order valence-electron chi connectivity index (χ4n) is 2.53. The highest BCUT2D eigenvalue weighted by molar-refractivity contribution is 6.03. The fourth-order valence-corrected chi connectivity index (χ4v) is 2.53. The van der Waals surface area contributed by atoms with Crippen LogP contribution in [0.3, 0.4) is 0 Å². The van der Waals surface area contributed by atoms with Gasteiger partial charge >= 0.3 is 0 Å². The molecule has 0 aliphatic rings. The first-order chi connectivity index (χ1) is 12.7. The van der Waals surface area contributed by atoms with E-state index in [1.807, 2.05) is 42.5 Å².